The van der Waals surface area contributed by atoms with E-state index in [1.807, 2.05) is 24.3 Å². The first-order valence-corrected chi connectivity index (χ1v) is 9.71. The van der Waals surface area contributed by atoms with Crippen LogP contribution in [0.25, 0.3) is 0 Å². The maximum absolute atomic E-state index is 10.7. The molecular weight excluding hydrogens is 380 g/mol. The molecule has 28 heavy (non-hydrogen) atoms. The van der Waals surface area contributed by atoms with E-state index in [1.165, 1.54) is 18.2 Å². The van der Waals surface area contributed by atoms with Crippen molar-refractivity contribution >= 4 is 34.4 Å². The monoisotopic (exact) mass is 404 g/mol. The molecule has 0 aliphatic carbocycles. The average Bonchev–Trinajstić information content (AvgIpc) is 2.70. The van der Waals surface area contributed by atoms with Crippen molar-refractivity contribution in [2.24, 2.45) is 10.2 Å². The Kier molecular flexibility index (Phi) is 8.84. The molecule has 2 aromatic rings. The van der Waals surface area contributed by atoms with Crippen molar-refractivity contribution < 1.29 is 9.66 Å². The fourth-order valence-corrected chi connectivity index (χ4v) is 2.74. The topological polar surface area (TPSA) is 80.3 Å². The van der Waals surface area contributed by atoms with Crippen molar-refractivity contribution in [2.45, 2.75) is 26.7 Å². The van der Waals surface area contributed by atoms with Crippen LogP contribution in [0.4, 0.5) is 22.7 Å². The molecular formula is C20H25ClN4O3. The maximum atomic E-state index is 10.7. The zero-order valence-corrected chi connectivity index (χ0v) is 16.9. The molecule has 2 rings (SSSR count). The molecule has 0 radical (unpaired) electrons. The summed E-state index contributed by atoms with van der Waals surface area (Å²) in [4.78, 5) is 12.5. The van der Waals surface area contributed by atoms with E-state index in [2.05, 4.69) is 29.0 Å². The lowest BCUT2D eigenvalue weighted by Gasteiger charge is -2.23. The third-order valence-electron chi connectivity index (χ3n) is 4.16. The van der Waals surface area contributed by atoms with Gasteiger partial charge in [0, 0.05) is 37.5 Å². The molecule has 0 aromatic heterocycles. The minimum atomic E-state index is -0.500. The van der Waals surface area contributed by atoms with E-state index in [0.717, 1.165) is 38.2 Å². The summed E-state index contributed by atoms with van der Waals surface area (Å²) >= 11 is 6.03. The molecule has 150 valence electrons. The first-order valence-electron chi connectivity index (χ1n) is 9.33. The van der Waals surface area contributed by atoms with Crippen LogP contribution in [0, 0.1) is 10.1 Å². The number of likely N-dealkylation sites (N-methyl/N-ethyl adjacent to an activating group) is 1. The number of nitro benzene ring substituents is 1. The Balaban J connectivity index is 1.97. The number of nitro groups is 1. The second kappa shape index (κ2) is 11.4. The predicted octanol–water partition coefficient (Wildman–Crippen LogP) is 6.31. The highest BCUT2D eigenvalue weighted by Gasteiger charge is 2.09. The Morgan fingerprint density at radius 1 is 1.11 bits per heavy atom. The molecule has 0 spiro atoms. The minimum Gasteiger partial charge on any atom is -0.380 e. The molecule has 0 unspecified atom stereocenters. The number of anilines is 1. The van der Waals surface area contributed by atoms with Gasteiger partial charge in [0.05, 0.1) is 22.2 Å². The zero-order chi connectivity index (χ0) is 20.4. The summed E-state index contributed by atoms with van der Waals surface area (Å²) in [6.07, 6.45) is 2.23. The van der Waals surface area contributed by atoms with Crippen molar-refractivity contribution in [3.63, 3.8) is 0 Å². The van der Waals surface area contributed by atoms with Crippen molar-refractivity contribution in [1.82, 2.24) is 0 Å². The van der Waals surface area contributed by atoms with Gasteiger partial charge >= 0.3 is 0 Å². The van der Waals surface area contributed by atoms with Gasteiger partial charge in [0.25, 0.3) is 5.69 Å². The van der Waals surface area contributed by atoms with Crippen LogP contribution in [0.5, 0.6) is 0 Å². The molecule has 0 aliphatic rings. The summed E-state index contributed by atoms with van der Waals surface area (Å²) < 4.78 is 5.64. The van der Waals surface area contributed by atoms with Gasteiger partial charge in [0.15, 0.2) is 0 Å². The van der Waals surface area contributed by atoms with Gasteiger partial charge in [0.2, 0.25) is 0 Å². The van der Waals surface area contributed by atoms with Gasteiger partial charge in [-0.15, -0.1) is 5.11 Å². The minimum absolute atomic E-state index is 0.0772. The van der Waals surface area contributed by atoms with Gasteiger partial charge < -0.3 is 9.64 Å². The maximum Gasteiger partial charge on any atom is 0.271 e. The summed E-state index contributed by atoms with van der Waals surface area (Å²) in [7, 11) is 0. The van der Waals surface area contributed by atoms with E-state index in [9.17, 15) is 10.1 Å². The third kappa shape index (κ3) is 6.58. The first kappa shape index (κ1) is 21.8. The molecule has 0 aliphatic heterocycles. The van der Waals surface area contributed by atoms with E-state index in [4.69, 9.17) is 16.3 Å². The second-order valence-electron chi connectivity index (χ2n) is 6.15. The normalized spacial score (nSPS) is 11.1. The molecule has 2 aromatic carbocycles. The first-order chi connectivity index (χ1) is 13.5. The number of ether oxygens (including phenoxy) is 1. The van der Waals surface area contributed by atoms with E-state index in [0.29, 0.717) is 18.0 Å². The van der Waals surface area contributed by atoms with Crippen LogP contribution in [0.15, 0.2) is 52.7 Å². The molecule has 8 heteroatoms. The highest BCUT2D eigenvalue weighted by Crippen LogP contribution is 2.30. The number of halogens is 1. The highest BCUT2D eigenvalue weighted by atomic mass is 35.5. The van der Waals surface area contributed by atoms with Gasteiger partial charge in [0.1, 0.15) is 5.69 Å². The Morgan fingerprint density at radius 3 is 2.46 bits per heavy atom. The second-order valence-corrected chi connectivity index (χ2v) is 6.56. The van der Waals surface area contributed by atoms with Crippen LogP contribution in [0.2, 0.25) is 5.02 Å². The number of benzene rings is 2. The van der Waals surface area contributed by atoms with E-state index >= 15 is 0 Å². The molecule has 0 amide bonds. The summed E-state index contributed by atoms with van der Waals surface area (Å²) in [6.45, 7) is 7.48. The van der Waals surface area contributed by atoms with Crippen LogP contribution in [-0.4, -0.2) is 31.2 Å². The van der Waals surface area contributed by atoms with Crippen LogP contribution in [0.3, 0.4) is 0 Å². The Labute approximate surface area is 170 Å². The lowest BCUT2D eigenvalue weighted by molar-refractivity contribution is -0.384. The molecule has 0 saturated carbocycles. The van der Waals surface area contributed by atoms with Crippen molar-refractivity contribution in [1.29, 1.82) is 0 Å². The van der Waals surface area contributed by atoms with Crippen LogP contribution < -0.4 is 4.90 Å². The lowest BCUT2D eigenvalue weighted by Crippen LogP contribution is -2.27. The number of hydrogen-bond acceptors (Lipinski definition) is 6. The molecule has 0 N–H and O–H groups in total. The van der Waals surface area contributed by atoms with Gasteiger partial charge in [-0.2, -0.15) is 5.11 Å². The number of nitrogens with zero attached hydrogens (tertiary/aromatic N) is 4. The SMILES string of the molecule is CCCCOCCN(CC)c1ccc(N=Nc2ccc([N+](=O)[O-])cc2Cl)cc1. The summed E-state index contributed by atoms with van der Waals surface area (Å²) in [5.74, 6) is 0. The lowest BCUT2D eigenvalue weighted by atomic mass is 10.2. The van der Waals surface area contributed by atoms with Crippen LogP contribution in [0.1, 0.15) is 26.7 Å². The largest absolute Gasteiger partial charge is 0.380 e. The smallest absolute Gasteiger partial charge is 0.271 e. The van der Waals surface area contributed by atoms with E-state index in [-0.39, 0.29) is 10.7 Å². The molecule has 0 heterocycles. The number of hydrogen-bond donors (Lipinski definition) is 0. The highest BCUT2D eigenvalue weighted by molar-refractivity contribution is 6.33. The predicted molar refractivity (Wildman–Crippen MR) is 112 cm³/mol. The molecule has 7 nitrogen and oxygen atoms in total. The number of azo groups is 1. The fourth-order valence-electron chi connectivity index (χ4n) is 2.53. The van der Waals surface area contributed by atoms with Gasteiger partial charge in [-0.05, 0) is 43.7 Å². The number of non-ortho nitro benzene ring substituents is 1. The molecule has 0 bridgehead atoms. The summed E-state index contributed by atoms with van der Waals surface area (Å²) in [5.41, 5.74) is 2.07. The molecule has 0 atom stereocenters. The quantitative estimate of drug-likeness (QED) is 0.190. The van der Waals surface area contributed by atoms with E-state index in [1.54, 1.807) is 0 Å². The molecule has 0 saturated heterocycles. The van der Waals surface area contributed by atoms with Crippen LogP contribution in [-0.2, 0) is 4.74 Å². The average molecular weight is 405 g/mol. The van der Waals surface area contributed by atoms with Gasteiger partial charge in [-0.3, -0.25) is 10.1 Å². The number of unbranched alkanes of at least 4 members (excludes halogenated alkanes) is 1. The Bertz CT molecular complexity index is 797. The van der Waals surface area contributed by atoms with Crippen LogP contribution >= 0.6 is 11.6 Å². The summed E-state index contributed by atoms with van der Waals surface area (Å²) in [5, 5.41) is 19.2. The van der Waals surface area contributed by atoms with Crippen molar-refractivity contribution in [2.75, 3.05) is 31.2 Å². The zero-order valence-electron chi connectivity index (χ0n) is 16.2. The van der Waals surface area contributed by atoms with Gasteiger partial charge in [-0.1, -0.05) is 24.9 Å². The fraction of sp³-hybridized carbons (Fsp3) is 0.400. The number of rotatable bonds is 11. The molecule has 0 fully saturated rings. The Hall–Kier alpha value is -2.51. The third-order valence-corrected chi connectivity index (χ3v) is 4.46. The van der Waals surface area contributed by atoms with E-state index < -0.39 is 4.92 Å². The van der Waals surface area contributed by atoms with Crippen molar-refractivity contribution in [3.05, 3.63) is 57.6 Å². The standard InChI is InChI=1S/C20H25ClN4O3/c1-3-5-13-28-14-12-24(4-2)17-8-6-16(7-9-17)22-23-20-11-10-18(25(26)27)15-19(20)21/h6-11,15H,3-5,12-14H2,1-2H3. The van der Waals surface area contributed by atoms with Gasteiger partial charge in [-0.25, -0.2) is 0 Å². The van der Waals surface area contributed by atoms with Crippen molar-refractivity contribution in [3.8, 4) is 0 Å². The summed E-state index contributed by atoms with van der Waals surface area (Å²) in [6, 6.07) is 11.8. The Morgan fingerprint density at radius 2 is 1.86 bits per heavy atom.